The van der Waals surface area contributed by atoms with Gasteiger partial charge in [0, 0.05) is 26.1 Å². The van der Waals surface area contributed by atoms with Crippen LogP contribution in [0.3, 0.4) is 0 Å². The molecule has 2 aliphatic rings. The van der Waals surface area contributed by atoms with Crippen molar-refractivity contribution in [3.05, 3.63) is 12.7 Å². The molecule has 48 heavy (non-hydrogen) atoms. The lowest BCUT2D eigenvalue weighted by Gasteiger charge is -2.38. The van der Waals surface area contributed by atoms with E-state index in [0.29, 0.717) is 13.0 Å². The minimum Gasteiger partial charge on any atom is -0.448 e. The van der Waals surface area contributed by atoms with Crippen molar-refractivity contribution < 1.29 is 46.7 Å². The smallest absolute Gasteiger partial charge is 0.410 e. The second kappa shape index (κ2) is 16.5. The molecule has 0 bridgehead atoms. The van der Waals surface area contributed by atoms with Crippen LogP contribution in [0.5, 0.6) is 0 Å². The van der Waals surface area contributed by atoms with Crippen LogP contribution in [0.2, 0.25) is 0 Å². The fourth-order valence-electron chi connectivity index (χ4n) is 5.53. The van der Waals surface area contributed by atoms with Gasteiger partial charge in [0.05, 0.1) is 18.6 Å². The number of ketones is 1. The third-order valence-corrected chi connectivity index (χ3v) is 8.46. The number of halogens is 3. The maximum Gasteiger partial charge on any atom is 0.410 e. The summed E-state index contributed by atoms with van der Waals surface area (Å²) in [5.41, 5.74) is -1.32. The van der Waals surface area contributed by atoms with Crippen LogP contribution >= 0.6 is 0 Å². The molecule has 1 unspecified atom stereocenters. The lowest BCUT2D eigenvalue weighted by atomic mass is 9.85. The zero-order valence-corrected chi connectivity index (χ0v) is 28.9. The monoisotopic (exact) mass is 688 g/mol. The summed E-state index contributed by atoms with van der Waals surface area (Å²) in [4.78, 5) is 81.2. The average Bonchev–Trinajstić information content (AvgIpc) is 3.55. The molecule has 0 aromatic heterocycles. The predicted octanol–water partition coefficient (Wildman–Crippen LogP) is 2.89. The number of carbonyl (C=O) groups is 6. The molecule has 2 heterocycles. The molecule has 0 saturated carbocycles. The van der Waals surface area contributed by atoms with E-state index in [0.717, 1.165) is 0 Å². The first kappa shape index (κ1) is 40.3. The van der Waals surface area contributed by atoms with Gasteiger partial charge in [0.2, 0.25) is 17.6 Å². The molecule has 5 atom stereocenters. The Labute approximate surface area is 280 Å². The van der Waals surface area contributed by atoms with E-state index in [1.165, 1.54) is 15.9 Å². The molecule has 2 fully saturated rings. The molecule has 0 aromatic carbocycles. The lowest BCUT2D eigenvalue weighted by Crippen LogP contribution is -2.62. The van der Waals surface area contributed by atoms with Crippen molar-refractivity contribution in [2.75, 3.05) is 32.8 Å². The van der Waals surface area contributed by atoms with Crippen molar-refractivity contribution in [3.63, 3.8) is 0 Å². The van der Waals surface area contributed by atoms with E-state index in [2.05, 4.69) is 27.8 Å². The van der Waals surface area contributed by atoms with Crippen LogP contribution in [-0.2, 0) is 23.9 Å². The Morgan fingerprint density at radius 2 is 1.65 bits per heavy atom. The first-order valence-electron chi connectivity index (χ1n) is 16.2. The number of rotatable bonds is 14. The largest absolute Gasteiger partial charge is 0.448 e. The fraction of sp³-hybridized carbons (Fsp3) is 0.750. The van der Waals surface area contributed by atoms with Crippen molar-refractivity contribution in [3.8, 4) is 0 Å². The van der Waals surface area contributed by atoms with Gasteiger partial charge in [-0.15, -0.1) is 6.58 Å². The standard InChI is InChI=1S/C32H51F3N6O7/c1-9-14-36-26(44)23(42)20(11-10-13-32(33,34)35)37-25(43)22-19(2)12-15-41(22)27(45)24(31(6,7)8)39-28(46)38-21(30(3,4)5)18-40-16-17-48-29(40)47/h9,19-22,24H,1,10-18H2,2-8H3,(H,36,44)(H,37,43)(H2,38,39,46)/t19-,20?,21+,22-,24+/m0/s1. The van der Waals surface area contributed by atoms with Crippen LogP contribution in [0.4, 0.5) is 22.8 Å². The summed E-state index contributed by atoms with van der Waals surface area (Å²) >= 11 is 0. The van der Waals surface area contributed by atoms with E-state index in [-0.39, 0.29) is 26.2 Å². The van der Waals surface area contributed by atoms with Crippen LogP contribution in [0, 0.1) is 16.7 Å². The Balaban J connectivity index is 2.26. The quantitative estimate of drug-likeness (QED) is 0.161. The number of amides is 6. The van der Waals surface area contributed by atoms with Gasteiger partial charge in [-0.1, -0.05) is 54.5 Å². The number of cyclic esters (lactones) is 1. The first-order valence-corrected chi connectivity index (χ1v) is 16.2. The van der Waals surface area contributed by atoms with Crippen LogP contribution in [0.1, 0.15) is 74.1 Å². The SMILES string of the molecule is C=CCNC(=O)C(=O)C(CCCC(F)(F)F)NC(=O)[C@@H]1[C@@H](C)CCN1C(=O)[C@@H](NC(=O)N[C@H](CN1CCOC1=O)C(C)(C)C)C(C)(C)C. The molecule has 6 amide bonds. The molecule has 16 heteroatoms. The Kier molecular flexibility index (Phi) is 13.9. The average molecular weight is 689 g/mol. The van der Waals surface area contributed by atoms with E-state index in [1.807, 2.05) is 20.8 Å². The van der Waals surface area contributed by atoms with Gasteiger partial charge < -0.3 is 35.8 Å². The highest BCUT2D eigenvalue weighted by atomic mass is 19.4. The number of alkyl halides is 3. The summed E-state index contributed by atoms with van der Waals surface area (Å²) in [6, 6.07) is -4.97. The summed E-state index contributed by atoms with van der Waals surface area (Å²) in [5, 5.41) is 10.3. The third-order valence-electron chi connectivity index (χ3n) is 8.46. The molecule has 0 radical (unpaired) electrons. The van der Waals surface area contributed by atoms with E-state index < -0.39 is 102 Å². The minimum atomic E-state index is -4.50. The molecular formula is C32H51F3N6O7. The number of nitrogens with one attached hydrogen (secondary N) is 4. The van der Waals surface area contributed by atoms with Crippen LogP contribution < -0.4 is 21.3 Å². The van der Waals surface area contributed by atoms with Gasteiger partial charge in [-0.2, -0.15) is 13.2 Å². The van der Waals surface area contributed by atoms with E-state index >= 15 is 0 Å². The van der Waals surface area contributed by atoms with Gasteiger partial charge in [-0.05, 0) is 36.0 Å². The third kappa shape index (κ3) is 11.7. The van der Waals surface area contributed by atoms with Gasteiger partial charge in [0.25, 0.3) is 5.91 Å². The minimum absolute atomic E-state index is 0.0637. The number of nitrogens with zero attached hydrogens (tertiary/aromatic N) is 2. The van der Waals surface area contributed by atoms with Crippen molar-refractivity contribution in [2.45, 2.75) is 104 Å². The van der Waals surface area contributed by atoms with Gasteiger partial charge >= 0.3 is 18.3 Å². The van der Waals surface area contributed by atoms with E-state index in [9.17, 15) is 41.9 Å². The molecule has 2 saturated heterocycles. The van der Waals surface area contributed by atoms with Crippen LogP contribution in [-0.4, -0.2) is 109 Å². The summed E-state index contributed by atoms with van der Waals surface area (Å²) in [5.74, 6) is -3.97. The highest BCUT2D eigenvalue weighted by molar-refractivity contribution is 6.38. The summed E-state index contributed by atoms with van der Waals surface area (Å²) in [6.45, 7) is 16.9. The zero-order valence-electron chi connectivity index (χ0n) is 28.9. The molecular weight excluding hydrogens is 637 g/mol. The molecule has 4 N–H and O–H groups in total. The molecule has 13 nitrogen and oxygen atoms in total. The first-order chi connectivity index (χ1) is 22.1. The molecule has 2 aliphatic heterocycles. The summed E-state index contributed by atoms with van der Waals surface area (Å²) < 4.78 is 43.6. The normalized spacial score (nSPS) is 20.3. The Bertz CT molecular complexity index is 1210. The van der Waals surface area contributed by atoms with Crippen molar-refractivity contribution in [1.29, 1.82) is 0 Å². The number of urea groups is 1. The van der Waals surface area contributed by atoms with E-state index in [1.54, 1.807) is 27.7 Å². The Hall–Kier alpha value is -3.85. The lowest BCUT2D eigenvalue weighted by molar-refractivity contribution is -0.145. The van der Waals surface area contributed by atoms with Crippen LogP contribution in [0.25, 0.3) is 0 Å². The summed E-state index contributed by atoms with van der Waals surface area (Å²) in [6.07, 6.45) is -5.45. The molecule has 0 spiro atoms. The Morgan fingerprint density at radius 1 is 1.00 bits per heavy atom. The topological polar surface area (TPSA) is 166 Å². The Morgan fingerprint density at radius 3 is 2.17 bits per heavy atom. The summed E-state index contributed by atoms with van der Waals surface area (Å²) in [7, 11) is 0. The molecule has 272 valence electrons. The zero-order chi connectivity index (χ0) is 36.6. The number of hydrogen-bond donors (Lipinski definition) is 4. The molecule has 2 rings (SSSR count). The number of carbonyl (C=O) groups excluding carboxylic acids is 6. The second-order valence-electron chi connectivity index (χ2n) is 14.6. The number of Topliss-reactive ketones (excluding diaryl/α,β-unsaturated/α-hetero) is 1. The highest BCUT2D eigenvalue weighted by Crippen LogP contribution is 2.30. The van der Waals surface area contributed by atoms with Gasteiger partial charge in [0.1, 0.15) is 18.7 Å². The predicted molar refractivity (Wildman–Crippen MR) is 170 cm³/mol. The van der Waals surface area contributed by atoms with Crippen molar-refractivity contribution >= 4 is 35.6 Å². The fourth-order valence-corrected chi connectivity index (χ4v) is 5.53. The van der Waals surface area contributed by atoms with Crippen molar-refractivity contribution in [1.82, 2.24) is 31.1 Å². The molecule has 0 aliphatic carbocycles. The number of hydrogen-bond acceptors (Lipinski definition) is 7. The van der Waals surface area contributed by atoms with Crippen molar-refractivity contribution in [2.24, 2.45) is 16.7 Å². The van der Waals surface area contributed by atoms with E-state index in [4.69, 9.17) is 4.74 Å². The highest BCUT2D eigenvalue weighted by Gasteiger charge is 2.46. The molecule has 0 aromatic rings. The number of ether oxygens (including phenoxy) is 1. The maximum absolute atomic E-state index is 14.1. The maximum atomic E-state index is 14.1. The van der Waals surface area contributed by atoms with Gasteiger partial charge in [-0.3, -0.25) is 19.2 Å². The van der Waals surface area contributed by atoms with Gasteiger partial charge in [0.15, 0.2) is 0 Å². The van der Waals surface area contributed by atoms with Crippen LogP contribution in [0.15, 0.2) is 12.7 Å². The second-order valence-corrected chi connectivity index (χ2v) is 14.6. The van der Waals surface area contributed by atoms with Gasteiger partial charge in [-0.25, -0.2) is 9.59 Å². The number of likely N-dealkylation sites (tertiary alicyclic amines) is 1.